The van der Waals surface area contributed by atoms with Gasteiger partial charge in [-0.1, -0.05) is 36.6 Å². The molecule has 1 amide bonds. The van der Waals surface area contributed by atoms with Gasteiger partial charge in [0.05, 0.1) is 10.6 Å². The van der Waals surface area contributed by atoms with Gasteiger partial charge in [0, 0.05) is 19.0 Å². The minimum absolute atomic E-state index is 0.00841. The fourth-order valence-corrected chi connectivity index (χ4v) is 3.16. The van der Waals surface area contributed by atoms with Crippen LogP contribution in [0.4, 0.5) is 0 Å². The lowest BCUT2D eigenvalue weighted by atomic mass is 10.0. The van der Waals surface area contributed by atoms with Crippen molar-refractivity contribution in [2.45, 2.75) is 52.0 Å². The molecule has 1 aromatic rings. The molecule has 1 aromatic carbocycles. The average molecular weight is 308 g/mol. The van der Waals surface area contributed by atoms with Crippen LogP contribution in [0.5, 0.6) is 0 Å². The van der Waals surface area contributed by atoms with Gasteiger partial charge in [0.15, 0.2) is 0 Å². The summed E-state index contributed by atoms with van der Waals surface area (Å²) in [4.78, 5) is 26.2. The van der Waals surface area contributed by atoms with Crippen LogP contribution in [0.1, 0.15) is 54.9 Å². The van der Waals surface area contributed by atoms with Crippen LogP contribution >= 0.6 is 11.6 Å². The van der Waals surface area contributed by atoms with Crippen LogP contribution in [0.3, 0.4) is 0 Å². The Bertz CT molecular complexity index is 542. The second-order valence-electron chi connectivity index (χ2n) is 5.84. The summed E-state index contributed by atoms with van der Waals surface area (Å²) in [5.74, 6) is 0.0897. The Morgan fingerprint density at radius 2 is 2.05 bits per heavy atom. The van der Waals surface area contributed by atoms with E-state index in [-0.39, 0.29) is 17.7 Å². The number of amides is 1. The van der Waals surface area contributed by atoms with Crippen molar-refractivity contribution < 1.29 is 9.59 Å². The number of hydrogen-bond donors (Lipinski definition) is 0. The zero-order chi connectivity index (χ0) is 15.4. The van der Waals surface area contributed by atoms with Crippen LogP contribution in [0.2, 0.25) is 5.02 Å². The highest BCUT2D eigenvalue weighted by Gasteiger charge is 2.28. The van der Waals surface area contributed by atoms with Gasteiger partial charge in [-0.05, 0) is 38.3 Å². The van der Waals surface area contributed by atoms with Gasteiger partial charge in [-0.3, -0.25) is 9.59 Å². The second-order valence-corrected chi connectivity index (χ2v) is 6.22. The van der Waals surface area contributed by atoms with E-state index >= 15 is 0 Å². The summed E-state index contributed by atoms with van der Waals surface area (Å²) in [7, 11) is 0. The van der Waals surface area contributed by atoms with E-state index in [1.54, 1.807) is 13.0 Å². The Kier molecular flexibility index (Phi) is 5.40. The lowest BCUT2D eigenvalue weighted by Crippen LogP contribution is -2.41. The maximum atomic E-state index is 12.8. The van der Waals surface area contributed by atoms with E-state index < -0.39 is 0 Å². The molecule has 2 rings (SSSR count). The molecule has 1 aliphatic heterocycles. The van der Waals surface area contributed by atoms with Gasteiger partial charge in [0.25, 0.3) is 5.91 Å². The number of ketones is 1. The molecule has 114 valence electrons. The summed E-state index contributed by atoms with van der Waals surface area (Å²) in [5.41, 5.74) is 1.45. The van der Waals surface area contributed by atoms with E-state index in [9.17, 15) is 9.59 Å². The van der Waals surface area contributed by atoms with Crippen molar-refractivity contribution in [3.63, 3.8) is 0 Å². The first-order valence-electron chi connectivity index (χ1n) is 7.56. The highest BCUT2D eigenvalue weighted by Crippen LogP contribution is 2.26. The van der Waals surface area contributed by atoms with Gasteiger partial charge >= 0.3 is 0 Å². The number of carbonyl (C=O) groups excluding carboxylic acids is 2. The maximum absolute atomic E-state index is 12.8. The number of rotatable bonds is 3. The number of benzene rings is 1. The number of likely N-dealkylation sites (tertiary alicyclic amines) is 1. The Labute approximate surface area is 131 Å². The predicted octanol–water partition coefficient (Wildman–Crippen LogP) is 4.01. The number of aryl methyl sites for hydroxylation is 1. The summed E-state index contributed by atoms with van der Waals surface area (Å²) >= 11 is 6.29. The van der Waals surface area contributed by atoms with Crippen LogP contribution < -0.4 is 0 Å². The number of carbonyl (C=O) groups is 2. The molecule has 1 atom stereocenters. The first kappa shape index (κ1) is 16.0. The molecule has 1 heterocycles. The zero-order valence-electron chi connectivity index (χ0n) is 12.7. The van der Waals surface area contributed by atoms with E-state index in [4.69, 9.17) is 11.6 Å². The Balaban J connectivity index is 2.28. The molecule has 1 saturated heterocycles. The number of halogens is 1. The smallest absolute Gasteiger partial charge is 0.255 e. The van der Waals surface area contributed by atoms with Crippen molar-refractivity contribution >= 4 is 23.3 Å². The predicted molar refractivity (Wildman–Crippen MR) is 84.8 cm³/mol. The number of nitrogens with zero attached hydrogens (tertiary/aromatic N) is 1. The van der Waals surface area contributed by atoms with Gasteiger partial charge < -0.3 is 4.90 Å². The molecule has 0 aliphatic carbocycles. The first-order chi connectivity index (χ1) is 10.0. The fourth-order valence-electron chi connectivity index (χ4n) is 2.96. The summed E-state index contributed by atoms with van der Waals surface area (Å²) in [6, 6.07) is 5.53. The fraction of sp³-hybridized carbons (Fsp3) is 0.529. The quantitative estimate of drug-likeness (QED) is 0.846. The third kappa shape index (κ3) is 3.85. The zero-order valence-corrected chi connectivity index (χ0v) is 13.4. The van der Waals surface area contributed by atoms with Gasteiger partial charge in [-0.25, -0.2) is 0 Å². The normalized spacial score (nSPS) is 19.2. The van der Waals surface area contributed by atoms with Crippen molar-refractivity contribution in [2.24, 2.45) is 0 Å². The number of Topliss-reactive ketones (excluding diaryl/α,β-unsaturated/α-hetero) is 1. The van der Waals surface area contributed by atoms with Crippen LogP contribution in [0.25, 0.3) is 0 Å². The van der Waals surface area contributed by atoms with Crippen molar-refractivity contribution in [1.29, 1.82) is 0 Å². The molecule has 0 bridgehead atoms. The lowest BCUT2D eigenvalue weighted by molar-refractivity contribution is -0.118. The molecule has 1 unspecified atom stereocenters. The largest absolute Gasteiger partial charge is 0.335 e. The summed E-state index contributed by atoms with van der Waals surface area (Å²) in [6.45, 7) is 4.20. The molecule has 4 heteroatoms. The van der Waals surface area contributed by atoms with Crippen LogP contribution in [-0.4, -0.2) is 29.2 Å². The van der Waals surface area contributed by atoms with Crippen molar-refractivity contribution in [1.82, 2.24) is 4.90 Å². The highest BCUT2D eigenvalue weighted by molar-refractivity contribution is 6.34. The van der Waals surface area contributed by atoms with Crippen LogP contribution in [0, 0.1) is 6.92 Å². The summed E-state index contributed by atoms with van der Waals surface area (Å²) < 4.78 is 0. The van der Waals surface area contributed by atoms with E-state index in [2.05, 4.69) is 0 Å². The maximum Gasteiger partial charge on any atom is 0.255 e. The van der Waals surface area contributed by atoms with Gasteiger partial charge in [0.1, 0.15) is 5.78 Å². The van der Waals surface area contributed by atoms with Crippen molar-refractivity contribution in [3.8, 4) is 0 Å². The molecule has 1 fully saturated rings. The van der Waals surface area contributed by atoms with E-state index in [0.29, 0.717) is 23.6 Å². The van der Waals surface area contributed by atoms with Gasteiger partial charge in [-0.15, -0.1) is 0 Å². The molecule has 0 saturated carbocycles. The van der Waals surface area contributed by atoms with Gasteiger partial charge in [-0.2, -0.15) is 0 Å². The van der Waals surface area contributed by atoms with Crippen LogP contribution in [0.15, 0.2) is 18.2 Å². The monoisotopic (exact) mass is 307 g/mol. The van der Waals surface area contributed by atoms with E-state index in [1.807, 2.05) is 24.0 Å². The molecule has 0 N–H and O–H groups in total. The standard InChI is InChI=1S/C17H22ClNO2/c1-12-7-6-9-15(16(12)18)17(21)19-10-5-3-4-8-14(19)11-13(2)20/h6-7,9,14H,3-5,8,10-11H2,1-2H3. The van der Waals surface area contributed by atoms with Gasteiger partial charge in [0.2, 0.25) is 0 Å². The second kappa shape index (κ2) is 7.08. The van der Waals surface area contributed by atoms with Crippen molar-refractivity contribution in [2.75, 3.05) is 6.54 Å². The van der Waals surface area contributed by atoms with E-state index in [1.165, 1.54) is 0 Å². The average Bonchev–Trinajstić information content (AvgIpc) is 2.66. The lowest BCUT2D eigenvalue weighted by Gasteiger charge is -2.30. The van der Waals surface area contributed by atoms with E-state index in [0.717, 1.165) is 31.2 Å². The summed E-state index contributed by atoms with van der Waals surface area (Å²) in [5, 5.41) is 0.522. The SMILES string of the molecule is CC(=O)CC1CCCCCN1C(=O)c1cccc(C)c1Cl. The third-order valence-corrected chi connectivity index (χ3v) is 4.58. The molecule has 0 aromatic heterocycles. The first-order valence-corrected chi connectivity index (χ1v) is 7.94. The Morgan fingerprint density at radius 3 is 2.76 bits per heavy atom. The molecule has 0 spiro atoms. The van der Waals surface area contributed by atoms with Crippen molar-refractivity contribution in [3.05, 3.63) is 34.3 Å². The molecule has 0 radical (unpaired) electrons. The molecule has 3 nitrogen and oxygen atoms in total. The summed E-state index contributed by atoms with van der Waals surface area (Å²) in [6.07, 6.45) is 4.51. The molecule has 1 aliphatic rings. The minimum Gasteiger partial charge on any atom is -0.335 e. The van der Waals surface area contributed by atoms with Crippen LogP contribution in [-0.2, 0) is 4.79 Å². The molecular weight excluding hydrogens is 286 g/mol. The number of hydrogen-bond acceptors (Lipinski definition) is 2. The highest BCUT2D eigenvalue weighted by atomic mass is 35.5. The molecular formula is C17H22ClNO2. The Morgan fingerprint density at radius 1 is 1.29 bits per heavy atom. The minimum atomic E-state index is -0.0446. The third-order valence-electron chi connectivity index (χ3n) is 4.08. The Hall–Kier alpha value is -1.35. The topological polar surface area (TPSA) is 37.4 Å². The molecule has 21 heavy (non-hydrogen) atoms.